The lowest BCUT2D eigenvalue weighted by Gasteiger charge is -2.13. The molecule has 1 atom stereocenters. The van der Waals surface area contributed by atoms with Gasteiger partial charge in [0.15, 0.2) is 0 Å². The van der Waals surface area contributed by atoms with Crippen LogP contribution >= 0.6 is 0 Å². The number of carbonyl (C=O) groups is 2. The van der Waals surface area contributed by atoms with Gasteiger partial charge in [0.1, 0.15) is 6.04 Å². The summed E-state index contributed by atoms with van der Waals surface area (Å²) in [7, 11) is 1.82. The summed E-state index contributed by atoms with van der Waals surface area (Å²) in [6.07, 6.45) is 4.99. The number of hydrogen-bond donors (Lipinski definition) is 4. The highest BCUT2D eigenvalue weighted by Gasteiger charge is 2.18. The van der Waals surface area contributed by atoms with E-state index in [-0.39, 0.29) is 6.42 Å². The lowest BCUT2D eigenvalue weighted by Crippen LogP contribution is -2.42. The molecule has 0 aliphatic carbocycles. The molecule has 0 heterocycles. The van der Waals surface area contributed by atoms with Crippen LogP contribution in [0.4, 0.5) is 10.5 Å². The van der Waals surface area contributed by atoms with E-state index in [9.17, 15) is 9.59 Å². The van der Waals surface area contributed by atoms with Crippen molar-refractivity contribution < 1.29 is 14.7 Å². The van der Waals surface area contributed by atoms with E-state index in [0.717, 1.165) is 5.56 Å². The molecule has 0 aliphatic heterocycles. The average molecular weight is 275 g/mol. The number of hydrogen-bond acceptors (Lipinski definition) is 3. The van der Waals surface area contributed by atoms with Crippen molar-refractivity contribution in [3.8, 4) is 12.3 Å². The Kier molecular flexibility index (Phi) is 6.07. The number of benzene rings is 1. The molecule has 1 rings (SSSR count). The number of aliphatic carboxylic acids is 1. The van der Waals surface area contributed by atoms with E-state index in [1.54, 1.807) is 18.2 Å². The molecule has 20 heavy (non-hydrogen) atoms. The van der Waals surface area contributed by atoms with Crippen molar-refractivity contribution in [3.63, 3.8) is 0 Å². The minimum Gasteiger partial charge on any atom is -0.480 e. The molecule has 1 aromatic rings. The van der Waals surface area contributed by atoms with Crippen LogP contribution in [0, 0.1) is 12.3 Å². The van der Waals surface area contributed by atoms with Crippen LogP contribution in [0.2, 0.25) is 0 Å². The molecule has 4 N–H and O–H groups in total. The van der Waals surface area contributed by atoms with Crippen LogP contribution in [0.25, 0.3) is 0 Å². The van der Waals surface area contributed by atoms with E-state index in [0.29, 0.717) is 12.2 Å². The van der Waals surface area contributed by atoms with Crippen LogP contribution in [0.15, 0.2) is 24.3 Å². The predicted molar refractivity (Wildman–Crippen MR) is 76.2 cm³/mol. The van der Waals surface area contributed by atoms with E-state index in [2.05, 4.69) is 21.9 Å². The molecule has 0 radical (unpaired) electrons. The lowest BCUT2D eigenvalue weighted by atomic mass is 10.2. The van der Waals surface area contributed by atoms with Crippen molar-refractivity contribution in [1.82, 2.24) is 10.6 Å². The molecule has 6 heteroatoms. The normalized spacial score (nSPS) is 11.2. The summed E-state index contributed by atoms with van der Waals surface area (Å²) in [5.74, 6) is 1.05. The lowest BCUT2D eigenvalue weighted by molar-refractivity contribution is -0.139. The molecule has 2 amide bonds. The fourth-order valence-corrected chi connectivity index (χ4v) is 1.61. The van der Waals surface area contributed by atoms with Crippen molar-refractivity contribution >= 4 is 17.7 Å². The van der Waals surface area contributed by atoms with Gasteiger partial charge in [-0.1, -0.05) is 12.1 Å². The van der Waals surface area contributed by atoms with Crippen LogP contribution in [0.5, 0.6) is 0 Å². The van der Waals surface area contributed by atoms with Gasteiger partial charge in [0.05, 0.1) is 0 Å². The third-order valence-corrected chi connectivity index (χ3v) is 2.49. The van der Waals surface area contributed by atoms with Crippen molar-refractivity contribution in [2.24, 2.45) is 0 Å². The molecule has 1 aromatic carbocycles. The standard InChI is InChI=1S/C14H17N3O3/c1-3-5-12(13(18)19)17-14(20)16-11-7-4-6-10(8-11)9-15-2/h1,4,6-8,12,15H,5,9H2,2H3,(H,18,19)(H2,16,17,20). The van der Waals surface area contributed by atoms with Crippen LogP contribution in [0.3, 0.4) is 0 Å². The summed E-state index contributed by atoms with van der Waals surface area (Å²) in [6.45, 7) is 0.673. The number of nitrogens with one attached hydrogen (secondary N) is 3. The number of amides is 2. The van der Waals surface area contributed by atoms with Gasteiger partial charge < -0.3 is 21.1 Å². The summed E-state index contributed by atoms with van der Waals surface area (Å²) >= 11 is 0. The molecule has 0 saturated carbocycles. The Balaban J connectivity index is 2.63. The largest absolute Gasteiger partial charge is 0.480 e. The molecule has 0 bridgehead atoms. The molecule has 0 spiro atoms. The monoisotopic (exact) mass is 275 g/mol. The number of terminal acetylenes is 1. The van der Waals surface area contributed by atoms with Crippen LogP contribution < -0.4 is 16.0 Å². The zero-order valence-corrected chi connectivity index (χ0v) is 11.1. The number of urea groups is 1. The first kappa shape index (κ1) is 15.5. The average Bonchev–Trinajstić information content (AvgIpc) is 2.38. The van der Waals surface area contributed by atoms with E-state index in [1.165, 1.54) is 0 Å². The fraction of sp³-hybridized carbons (Fsp3) is 0.286. The van der Waals surface area contributed by atoms with Gasteiger partial charge in [0.2, 0.25) is 0 Å². The molecule has 106 valence electrons. The molecule has 0 aromatic heterocycles. The Morgan fingerprint density at radius 3 is 2.80 bits per heavy atom. The summed E-state index contributed by atoms with van der Waals surface area (Å²) in [5.41, 5.74) is 1.59. The van der Waals surface area contributed by atoms with E-state index in [1.807, 2.05) is 13.1 Å². The van der Waals surface area contributed by atoms with Crippen molar-refractivity contribution in [2.75, 3.05) is 12.4 Å². The Labute approximate surface area is 117 Å². The number of rotatable bonds is 6. The second kappa shape index (κ2) is 7.81. The van der Waals surface area contributed by atoms with Crippen LogP contribution in [-0.4, -0.2) is 30.2 Å². The first-order valence-corrected chi connectivity index (χ1v) is 6.04. The van der Waals surface area contributed by atoms with E-state index < -0.39 is 18.0 Å². The van der Waals surface area contributed by atoms with Gasteiger partial charge in [-0.05, 0) is 24.7 Å². The molecular weight excluding hydrogens is 258 g/mol. The van der Waals surface area contributed by atoms with Gasteiger partial charge in [-0.3, -0.25) is 0 Å². The molecule has 1 unspecified atom stereocenters. The van der Waals surface area contributed by atoms with E-state index >= 15 is 0 Å². The number of carbonyl (C=O) groups excluding carboxylic acids is 1. The summed E-state index contributed by atoms with van der Waals surface area (Å²) in [4.78, 5) is 22.6. The summed E-state index contributed by atoms with van der Waals surface area (Å²) < 4.78 is 0. The zero-order chi connectivity index (χ0) is 15.0. The minimum atomic E-state index is -1.16. The second-order valence-electron chi connectivity index (χ2n) is 4.13. The Morgan fingerprint density at radius 2 is 2.20 bits per heavy atom. The molecule has 0 fully saturated rings. The molecule has 0 saturated heterocycles. The van der Waals surface area contributed by atoms with E-state index in [4.69, 9.17) is 11.5 Å². The number of carboxylic acids is 1. The van der Waals surface area contributed by atoms with Crippen molar-refractivity contribution in [1.29, 1.82) is 0 Å². The van der Waals surface area contributed by atoms with Gasteiger partial charge in [-0.15, -0.1) is 12.3 Å². The summed E-state index contributed by atoms with van der Waals surface area (Å²) in [6, 6.07) is 5.54. The van der Waals surface area contributed by atoms with Crippen molar-refractivity contribution in [3.05, 3.63) is 29.8 Å². The van der Waals surface area contributed by atoms with Gasteiger partial charge in [0, 0.05) is 18.7 Å². The van der Waals surface area contributed by atoms with Crippen molar-refractivity contribution in [2.45, 2.75) is 19.0 Å². The second-order valence-corrected chi connectivity index (χ2v) is 4.13. The maximum Gasteiger partial charge on any atom is 0.327 e. The smallest absolute Gasteiger partial charge is 0.327 e. The highest BCUT2D eigenvalue weighted by molar-refractivity contribution is 5.92. The maximum absolute atomic E-state index is 11.7. The Hall–Kier alpha value is -2.52. The topological polar surface area (TPSA) is 90.5 Å². The van der Waals surface area contributed by atoms with Gasteiger partial charge >= 0.3 is 12.0 Å². The molecule has 0 aliphatic rings. The quantitative estimate of drug-likeness (QED) is 0.583. The summed E-state index contributed by atoms with van der Waals surface area (Å²) in [5, 5.41) is 16.8. The van der Waals surface area contributed by atoms with Crippen LogP contribution in [0.1, 0.15) is 12.0 Å². The fourth-order valence-electron chi connectivity index (χ4n) is 1.61. The third-order valence-electron chi connectivity index (χ3n) is 2.49. The third kappa shape index (κ3) is 5.00. The first-order chi connectivity index (χ1) is 9.56. The Bertz CT molecular complexity index is 523. The van der Waals surface area contributed by atoms with Gasteiger partial charge in [0.25, 0.3) is 0 Å². The highest BCUT2D eigenvalue weighted by Crippen LogP contribution is 2.10. The minimum absolute atomic E-state index is 0.0669. The SMILES string of the molecule is C#CCC(NC(=O)Nc1cccc(CNC)c1)C(=O)O. The maximum atomic E-state index is 11.7. The first-order valence-electron chi connectivity index (χ1n) is 6.04. The zero-order valence-electron chi connectivity index (χ0n) is 11.1. The number of anilines is 1. The predicted octanol–water partition coefficient (Wildman–Crippen LogP) is 1.00. The molecule has 6 nitrogen and oxygen atoms in total. The molecular formula is C14H17N3O3. The highest BCUT2D eigenvalue weighted by atomic mass is 16.4. The number of carboxylic acid groups (broad SMARTS) is 1. The van der Waals surface area contributed by atoms with Crippen LogP contribution in [-0.2, 0) is 11.3 Å². The van der Waals surface area contributed by atoms with Gasteiger partial charge in [-0.2, -0.15) is 0 Å². The van der Waals surface area contributed by atoms with Gasteiger partial charge in [-0.25, -0.2) is 9.59 Å². The Morgan fingerprint density at radius 1 is 1.45 bits per heavy atom.